The van der Waals surface area contributed by atoms with Crippen molar-refractivity contribution in [2.45, 2.75) is 20.4 Å². The van der Waals surface area contributed by atoms with Gasteiger partial charge in [-0.1, -0.05) is 29.4 Å². The van der Waals surface area contributed by atoms with Crippen LogP contribution in [0, 0.1) is 19.7 Å². The third-order valence-electron chi connectivity index (χ3n) is 4.84. The van der Waals surface area contributed by atoms with Crippen LogP contribution in [-0.4, -0.2) is 20.6 Å². The van der Waals surface area contributed by atoms with Crippen molar-refractivity contribution in [2.24, 2.45) is 0 Å². The van der Waals surface area contributed by atoms with E-state index in [1.165, 1.54) is 34.9 Å². The maximum Gasteiger partial charge on any atom is 0.274 e. The standard InChI is InChI=1S/C23H19FN4O3/c1-14-5-3-6-15(2)21(14)25-19(29)13-28-18(7-4-8-20(28)30)23-26-22(27-31-23)16-9-11-17(24)12-10-16/h3-12H,13H2,1-2H3,(H,25,29). The summed E-state index contributed by atoms with van der Waals surface area (Å²) in [7, 11) is 0. The Morgan fingerprint density at radius 1 is 1.03 bits per heavy atom. The van der Waals surface area contributed by atoms with E-state index in [-0.39, 0.29) is 35.5 Å². The monoisotopic (exact) mass is 418 g/mol. The van der Waals surface area contributed by atoms with Crippen LogP contribution < -0.4 is 10.9 Å². The Balaban J connectivity index is 1.63. The predicted molar refractivity (Wildman–Crippen MR) is 114 cm³/mol. The average molecular weight is 418 g/mol. The molecule has 0 radical (unpaired) electrons. The van der Waals surface area contributed by atoms with E-state index in [1.54, 1.807) is 12.1 Å². The minimum atomic E-state index is -0.379. The van der Waals surface area contributed by atoms with Crippen molar-refractivity contribution in [1.82, 2.24) is 14.7 Å². The van der Waals surface area contributed by atoms with Crippen LogP contribution in [0.4, 0.5) is 10.1 Å². The molecule has 7 nitrogen and oxygen atoms in total. The molecular weight excluding hydrogens is 399 g/mol. The van der Waals surface area contributed by atoms with E-state index in [0.29, 0.717) is 11.3 Å². The van der Waals surface area contributed by atoms with Crippen LogP contribution >= 0.6 is 0 Å². The number of benzene rings is 2. The normalized spacial score (nSPS) is 10.8. The van der Waals surface area contributed by atoms with Crippen LogP contribution in [0.25, 0.3) is 23.0 Å². The number of pyridine rings is 1. The number of halogens is 1. The molecule has 4 rings (SSSR count). The van der Waals surface area contributed by atoms with E-state index in [0.717, 1.165) is 16.8 Å². The van der Waals surface area contributed by atoms with E-state index < -0.39 is 0 Å². The molecule has 2 aromatic carbocycles. The first-order chi connectivity index (χ1) is 14.9. The number of anilines is 1. The fraction of sp³-hybridized carbons (Fsp3) is 0.130. The molecule has 2 heterocycles. The molecule has 0 bridgehead atoms. The highest BCUT2D eigenvalue weighted by Crippen LogP contribution is 2.23. The topological polar surface area (TPSA) is 90.0 Å². The molecule has 4 aromatic rings. The second-order valence-corrected chi connectivity index (χ2v) is 7.08. The van der Waals surface area contributed by atoms with Gasteiger partial charge in [-0.05, 0) is 55.3 Å². The number of nitrogens with one attached hydrogen (secondary N) is 1. The summed E-state index contributed by atoms with van der Waals surface area (Å²) in [6.45, 7) is 3.58. The number of aromatic nitrogens is 3. The Kier molecular flexibility index (Phi) is 5.44. The van der Waals surface area contributed by atoms with E-state index >= 15 is 0 Å². The number of hydrogen-bond acceptors (Lipinski definition) is 5. The van der Waals surface area contributed by atoms with Crippen LogP contribution in [0.15, 0.2) is 70.0 Å². The smallest absolute Gasteiger partial charge is 0.274 e. The van der Waals surface area contributed by atoms with Crippen molar-refractivity contribution < 1.29 is 13.7 Å². The van der Waals surface area contributed by atoms with Crippen LogP contribution in [0.5, 0.6) is 0 Å². The van der Waals surface area contributed by atoms with Gasteiger partial charge in [-0.2, -0.15) is 4.98 Å². The molecule has 31 heavy (non-hydrogen) atoms. The van der Waals surface area contributed by atoms with Crippen LogP contribution in [0.3, 0.4) is 0 Å². The molecule has 0 spiro atoms. The fourth-order valence-corrected chi connectivity index (χ4v) is 3.25. The number of para-hydroxylation sites is 1. The Bertz CT molecular complexity index is 1290. The van der Waals surface area contributed by atoms with Gasteiger partial charge < -0.3 is 9.84 Å². The van der Waals surface area contributed by atoms with Gasteiger partial charge in [0.15, 0.2) is 0 Å². The zero-order valence-electron chi connectivity index (χ0n) is 16.9. The molecule has 0 fully saturated rings. The molecule has 0 saturated heterocycles. The highest BCUT2D eigenvalue weighted by molar-refractivity contribution is 5.92. The highest BCUT2D eigenvalue weighted by atomic mass is 19.1. The Morgan fingerprint density at radius 2 is 1.71 bits per heavy atom. The van der Waals surface area contributed by atoms with Gasteiger partial charge in [0.2, 0.25) is 11.7 Å². The fourth-order valence-electron chi connectivity index (χ4n) is 3.25. The van der Waals surface area contributed by atoms with Crippen molar-refractivity contribution in [3.05, 3.63) is 88.0 Å². The Labute approximate surface area is 177 Å². The molecule has 0 aliphatic carbocycles. The minimum Gasteiger partial charge on any atom is -0.332 e. The first-order valence-electron chi connectivity index (χ1n) is 9.58. The molecule has 156 valence electrons. The number of aryl methyl sites for hydroxylation is 2. The van der Waals surface area contributed by atoms with Gasteiger partial charge in [0.05, 0.1) is 0 Å². The number of carbonyl (C=O) groups is 1. The second-order valence-electron chi connectivity index (χ2n) is 7.08. The molecular formula is C23H19FN4O3. The lowest BCUT2D eigenvalue weighted by atomic mass is 10.1. The summed E-state index contributed by atoms with van der Waals surface area (Å²) in [6.07, 6.45) is 0. The summed E-state index contributed by atoms with van der Waals surface area (Å²) >= 11 is 0. The number of nitrogens with zero attached hydrogens (tertiary/aromatic N) is 3. The predicted octanol–water partition coefficient (Wildman–Crippen LogP) is 3.96. The van der Waals surface area contributed by atoms with Crippen molar-refractivity contribution in [3.63, 3.8) is 0 Å². The van der Waals surface area contributed by atoms with Gasteiger partial charge in [-0.3, -0.25) is 14.2 Å². The lowest BCUT2D eigenvalue weighted by Crippen LogP contribution is -2.28. The molecule has 1 amide bonds. The Hall–Kier alpha value is -4.07. The van der Waals surface area contributed by atoms with Crippen LogP contribution in [0.1, 0.15) is 11.1 Å². The lowest BCUT2D eigenvalue weighted by molar-refractivity contribution is -0.116. The number of rotatable bonds is 5. The van der Waals surface area contributed by atoms with Crippen molar-refractivity contribution in [3.8, 4) is 23.0 Å². The first-order valence-corrected chi connectivity index (χ1v) is 9.58. The maximum atomic E-state index is 13.2. The molecule has 8 heteroatoms. The summed E-state index contributed by atoms with van der Waals surface area (Å²) in [5.74, 6) is -0.403. The van der Waals surface area contributed by atoms with E-state index in [1.807, 2.05) is 32.0 Å². The number of hydrogen-bond donors (Lipinski definition) is 1. The van der Waals surface area contributed by atoms with E-state index in [9.17, 15) is 14.0 Å². The van der Waals surface area contributed by atoms with E-state index in [2.05, 4.69) is 15.5 Å². The lowest BCUT2D eigenvalue weighted by Gasteiger charge is -2.13. The van der Waals surface area contributed by atoms with E-state index in [4.69, 9.17) is 4.52 Å². The summed E-state index contributed by atoms with van der Waals surface area (Å²) in [5.41, 5.74) is 3.06. The summed E-state index contributed by atoms with van der Waals surface area (Å²) in [4.78, 5) is 29.5. The zero-order valence-corrected chi connectivity index (χ0v) is 16.9. The third-order valence-corrected chi connectivity index (χ3v) is 4.84. The minimum absolute atomic E-state index is 0.0805. The van der Waals surface area contributed by atoms with Crippen LogP contribution in [-0.2, 0) is 11.3 Å². The average Bonchev–Trinajstić information content (AvgIpc) is 3.23. The van der Waals surface area contributed by atoms with Crippen LogP contribution in [0.2, 0.25) is 0 Å². The molecule has 0 atom stereocenters. The molecule has 0 saturated carbocycles. The SMILES string of the molecule is Cc1cccc(C)c1NC(=O)Cn1c(-c2nc(-c3ccc(F)cc3)no2)cccc1=O. The maximum absolute atomic E-state index is 13.2. The third kappa shape index (κ3) is 4.28. The van der Waals surface area contributed by atoms with Gasteiger partial charge in [0, 0.05) is 17.3 Å². The van der Waals surface area contributed by atoms with Gasteiger partial charge in [0.1, 0.15) is 18.1 Å². The number of amides is 1. The quantitative estimate of drug-likeness (QED) is 0.530. The highest BCUT2D eigenvalue weighted by Gasteiger charge is 2.17. The molecule has 0 aliphatic heterocycles. The second kappa shape index (κ2) is 8.35. The van der Waals surface area contributed by atoms with Gasteiger partial charge >= 0.3 is 0 Å². The summed E-state index contributed by atoms with van der Waals surface area (Å²) < 4.78 is 19.7. The molecule has 0 unspecified atom stereocenters. The zero-order chi connectivity index (χ0) is 22.0. The van der Waals surface area contributed by atoms with Gasteiger partial charge in [-0.25, -0.2) is 4.39 Å². The largest absolute Gasteiger partial charge is 0.332 e. The molecule has 1 N–H and O–H groups in total. The summed E-state index contributed by atoms with van der Waals surface area (Å²) in [6, 6.07) is 15.9. The van der Waals surface area contributed by atoms with Gasteiger partial charge in [0.25, 0.3) is 11.4 Å². The van der Waals surface area contributed by atoms with Crippen molar-refractivity contribution in [1.29, 1.82) is 0 Å². The first kappa shape index (κ1) is 20.2. The van der Waals surface area contributed by atoms with Crippen molar-refractivity contribution >= 4 is 11.6 Å². The summed E-state index contributed by atoms with van der Waals surface area (Å²) in [5, 5.41) is 6.78. The molecule has 0 aliphatic rings. The van der Waals surface area contributed by atoms with Crippen molar-refractivity contribution in [2.75, 3.05) is 5.32 Å². The Morgan fingerprint density at radius 3 is 2.42 bits per heavy atom. The van der Waals surface area contributed by atoms with Gasteiger partial charge in [-0.15, -0.1) is 0 Å². The number of carbonyl (C=O) groups excluding carboxylic acids is 1. The molecule has 2 aromatic heterocycles.